The van der Waals surface area contributed by atoms with E-state index in [2.05, 4.69) is 25.5 Å². The van der Waals surface area contributed by atoms with Crippen molar-refractivity contribution in [3.63, 3.8) is 0 Å². The lowest BCUT2D eigenvalue weighted by molar-refractivity contribution is -0.121. The Bertz CT molecular complexity index is 752. The molecule has 1 aromatic carbocycles. The first-order valence-corrected chi connectivity index (χ1v) is 7.37. The molecule has 0 unspecified atom stereocenters. The number of hydrogen-bond donors (Lipinski definition) is 2. The molecule has 2 heterocycles. The summed E-state index contributed by atoms with van der Waals surface area (Å²) in [5.41, 5.74) is 0.967. The number of amides is 1. The minimum absolute atomic E-state index is 0.0895. The zero-order chi connectivity index (χ0) is 16.1. The first-order chi connectivity index (χ1) is 11.2. The van der Waals surface area contributed by atoms with Crippen molar-refractivity contribution in [1.29, 1.82) is 0 Å². The van der Waals surface area contributed by atoms with Crippen molar-refractivity contribution in [2.24, 2.45) is 0 Å². The van der Waals surface area contributed by atoms with Crippen LogP contribution in [-0.4, -0.2) is 26.1 Å². The maximum Gasteiger partial charge on any atom is 0.221 e. The van der Waals surface area contributed by atoms with Crippen LogP contribution in [0.2, 0.25) is 0 Å². The Balaban J connectivity index is 1.52. The lowest BCUT2D eigenvalue weighted by Crippen LogP contribution is -2.27. The Morgan fingerprint density at radius 1 is 1.30 bits per heavy atom. The van der Waals surface area contributed by atoms with Gasteiger partial charge in [0, 0.05) is 18.4 Å². The van der Waals surface area contributed by atoms with Crippen LogP contribution in [0.15, 0.2) is 47.3 Å². The number of benzene rings is 1. The number of aromatic nitrogens is 4. The van der Waals surface area contributed by atoms with Crippen LogP contribution in [0.1, 0.15) is 31.1 Å². The van der Waals surface area contributed by atoms with Crippen molar-refractivity contribution < 1.29 is 9.21 Å². The first kappa shape index (κ1) is 15.0. The van der Waals surface area contributed by atoms with E-state index in [-0.39, 0.29) is 11.9 Å². The summed E-state index contributed by atoms with van der Waals surface area (Å²) in [7, 11) is 0. The Kier molecular flexibility index (Phi) is 4.46. The molecular weight excluding hydrogens is 294 g/mol. The van der Waals surface area contributed by atoms with E-state index in [1.807, 2.05) is 37.3 Å². The molecule has 7 nitrogen and oxygen atoms in total. The molecule has 0 saturated carbocycles. The van der Waals surface area contributed by atoms with Crippen molar-refractivity contribution >= 4 is 5.91 Å². The van der Waals surface area contributed by atoms with Crippen LogP contribution in [0, 0.1) is 0 Å². The van der Waals surface area contributed by atoms with E-state index in [9.17, 15) is 4.79 Å². The number of nitrogens with zero attached hydrogens (tertiary/aromatic N) is 3. The molecule has 23 heavy (non-hydrogen) atoms. The lowest BCUT2D eigenvalue weighted by Gasteiger charge is -2.10. The number of carbonyl (C=O) groups is 1. The molecule has 0 spiro atoms. The summed E-state index contributed by atoms with van der Waals surface area (Å²) in [4.78, 5) is 20.2. The maximum absolute atomic E-state index is 12.0. The van der Waals surface area contributed by atoms with Crippen LogP contribution in [0.4, 0.5) is 0 Å². The van der Waals surface area contributed by atoms with Gasteiger partial charge >= 0.3 is 0 Å². The topological polar surface area (TPSA) is 96.7 Å². The minimum atomic E-state index is -0.213. The Labute approximate surface area is 133 Å². The monoisotopic (exact) mass is 311 g/mol. The summed E-state index contributed by atoms with van der Waals surface area (Å²) in [6.07, 6.45) is 3.84. The molecule has 2 aromatic heterocycles. The standard InChI is InChI=1S/C16H17N5O2/c1-11(16-18-10-19-21-16)20-14(22)7-8-15-17-9-13(23-15)12-5-3-2-4-6-12/h2-6,9-11H,7-8H2,1H3,(H,20,22)(H,18,19,21)/t11-/m0/s1. The van der Waals surface area contributed by atoms with Crippen molar-refractivity contribution in [1.82, 2.24) is 25.5 Å². The number of rotatable bonds is 6. The number of hydrogen-bond acceptors (Lipinski definition) is 5. The number of carbonyl (C=O) groups excluding carboxylic acids is 1. The predicted molar refractivity (Wildman–Crippen MR) is 83.2 cm³/mol. The molecule has 0 bridgehead atoms. The third-order valence-corrected chi connectivity index (χ3v) is 3.40. The Morgan fingerprint density at radius 2 is 2.13 bits per heavy atom. The average molecular weight is 311 g/mol. The van der Waals surface area contributed by atoms with Crippen LogP contribution in [-0.2, 0) is 11.2 Å². The molecule has 118 valence electrons. The second-order valence-corrected chi connectivity index (χ2v) is 5.14. The fourth-order valence-electron chi connectivity index (χ4n) is 2.19. The van der Waals surface area contributed by atoms with Crippen molar-refractivity contribution in [2.45, 2.75) is 25.8 Å². The van der Waals surface area contributed by atoms with Crippen LogP contribution in [0.3, 0.4) is 0 Å². The van der Waals surface area contributed by atoms with Crippen LogP contribution >= 0.6 is 0 Å². The van der Waals surface area contributed by atoms with Gasteiger partial charge in [-0.05, 0) is 6.92 Å². The molecule has 1 atom stereocenters. The van der Waals surface area contributed by atoms with Crippen LogP contribution in [0.25, 0.3) is 11.3 Å². The number of oxazole rings is 1. The van der Waals surface area contributed by atoms with Gasteiger partial charge in [0.15, 0.2) is 11.7 Å². The molecule has 3 aromatic rings. The Morgan fingerprint density at radius 3 is 2.87 bits per heavy atom. The third-order valence-electron chi connectivity index (χ3n) is 3.40. The van der Waals surface area contributed by atoms with E-state index in [0.717, 1.165) is 5.56 Å². The van der Waals surface area contributed by atoms with Gasteiger partial charge in [-0.3, -0.25) is 9.89 Å². The summed E-state index contributed by atoms with van der Waals surface area (Å²) in [6.45, 7) is 1.84. The number of aromatic amines is 1. The fraction of sp³-hybridized carbons (Fsp3) is 0.250. The summed E-state index contributed by atoms with van der Waals surface area (Å²) in [5, 5.41) is 9.34. The van der Waals surface area contributed by atoms with Crippen molar-refractivity contribution in [2.75, 3.05) is 0 Å². The maximum atomic E-state index is 12.0. The molecule has 0 radical (unpaired) electrons. The quantitative estimate of drug-likeness (QED) is 0.728. The lowest BCUT2D eigenvalue weighted by atomic mass is 10.2. The molecule has 2 N–H and O–H groups in total. The number of nitrogens with one attached hydrogen (secondary N) is 2. The highest BCUT2D eigenvalue weighted by Gasteiger charge is 2.13. The molecule has 0 aliphatic carbocycles. The SMILES string of the molecule is C[C@H](NC(=O)CCc1ncc(-c2ccccc2)o1)c1ncn[nH]1. The molecule has 1 amide bonds. The van der Waals surface area contributed by atoms with Gasteiger partial charge in [-0.2, -0.15) is 5.10 Å². The highest BCUT2D eigenvalue weighted by atomic mass is 16.4. The van der Waals surface area contributed by atoms with E-state index < -0.39 is 0 Å². The highest BCUT2D eigenvalue weighted by molar-refractivity contribution is 5.76. The van der Waals surface area contributed by atoms with Crippen LogP contribution in [0.5, 0.6) is 0 Å². The zero-order valence-electron chi connectivity index (χ0n) is 12.7. The smallest absolute Gasteiger partial charge is 0.221 e. The summed E-state index contributed by atoms with van der Waals surface area (Å²) in [5.74, 6) is 1.79. The molecule has 3 rings (SSSR count). The zero-order valence-corrected chi connectivity index (χ0v) is 12.7. The van der Waals surface area contributed by atoms with Gasteiger partial charge in [-0.25, -0.2) is 9.97 Å². The third kappa shape index (κ3) is 3.82. The molecule has 0 aliphatic heterocycles. The van der Waals surface area contributed by atoms with Gasteiger partial charge in [0.1, 0.15) is 12.2 Å². The van der Waals surface area contributed by atoms with Crippen molar-refractivity contribution in [3.05, 3.63) is 54.6 Å². The molecule has 0 fully saturated rings. The molecule has 7 heteroatoms. The normalized spacial score (nSPS) is 12.0. The van der Waals surface area contributed by atoms with E-state index >= 15 is 0 Å². The molecule has 0 aliphatic rings. The second kappa shape index (κ2) is 6.87. The van der Waals surface area contributed by atoms with Gasteiger partial charge < -0.3 is 9.73 Å². The van der Waals surface area contributed by atoms with Gasteiger partial charge in [0.25, 0.3) is 0 Å². The van der Waals surface area contributed by atoms with E-state index in [4.69, 9.17) is 4.42 Å². The fourth-order valence-corrected chi connectivity index (χ4v) is 2.19. The first-order valence-electron chi connectivity index (χ1n) is 7.37. The Hall–Kier alpha value is -2.96. The van der Waals surface area contributed by atoms with Gasteiger partial charge in [-0.1, -0.05) is 30.3 Å². The van der Waals surface area contributed by atoms with Gasteiger partial charge in [-0.15, -0.1) is 0 Å². The summed E-state index contributed by atoms with van der Waals surface area (Å²) >= 11 is 0. The average Bonchev–Trinajstić information content (AvgIpc) is 3.25. The van der Waals surface area contributed by atoms with Gasteiger partial charge in [0.05, 0.1) is 12.2 Å². The number of H-pyrrole nitrogens is 1. The molecular formula is C16H17N5O2. The molecule has 0 saturated heterocycles. The number of aryl methyl sites for hydroxylation is 1. The van der Waals surface area contributed by atoms with Gasteiger partial charge in [0.2, 0.25) is 5.91 Å². The van der Waals surface area contributed by atoms with Crippen molar-refractivity contribution in [3.8, 4) is 11.3 Å². The largest absolute Gasteiger partial charge is 0.441 e. The summed E-state index contributed by atoms with van der Waals surface area (Å²) in [6, 6.07) is 9.52. The highest BCUT2D eigenvalue weighted by Crippen LogP contribution is 2.20. The minimum Gasteiger partial charge on any atom is -0.441 e. The van der Waals surface area contributed by atoms with Crippen LogP contribution < -0.4 is 5.32 Å². The van der Waals surface area contributed by atoms with E-state index in [0.29, 0.717) is 30.3 Å². The second-order valence-electron chi connectivity index (χ2n) is 5.14. The predicted octanol–water partition coefficient (Wildman–Crippen LogP) is 2.27. The summed E-state index contributed by atoms with van der Waals surface area (Å²) < 4.78 is 5.68. The van der Waals surface area contributed by atoms with E-state index in [1.54, 1.807) is 6.20 Å². The van der Waals surface area contributed by atoms with E-state index in [1.165, 1.54) is 6.33 Å².